The number of nitrogens with zero attached hydrogens (tertiary/aromatic N) is 2. The van der Waals surface area contributed by atoms with Gasteiger partial charge < -0.3 is 9.73 Å². The fraction of sp³-hybridized carbons (Fsp3) is 0.500. The number of halogens is 1. The minimum absolute atomic E-state index is 0.809. The smallest absolute Gasteiger partial charge is 0.209 e. The normalized spacial score (nSPS) is 16.8. The molecule has 5 heteroatoms. The highest BCUT2D eigenvalue weighted by Gasteiger charge is 2.20. The monoisotopic (exact) mass is 377 g/mol. The molecule has 1 fully saturated rings. The van der Waals surface area contributed by atoms with E-state index in [0.29, 0.717) is 0 Å². The van der Waals surface area contributed by atoms with Crippen molar-refractivity contribution in [2.75, 3.05) is 26.7 Å². The summed E-state index contributed by atoms with van der Waals surface area (Å²) in [6.07, 6.45) is 5.67. The Morgan fingerprint density at radius 3 is 2.83 bits per heavy atom. The SMILES string of the molecule is CNCCC1CCN(Cc2ncc(-c3ccccc3Br)o2)CC1. The van der Waals surface area contributed by atoms with Gasteiger partial charge in [-0.1, -0.05) is 34.1 Å². The predicted molar refractivity (Wildman–Crippen MR) is 96.2 cm³/mol. The van der Waals surface area contributed by atoms with Crippen LogP contribution in [0.5, 0.6) is 0 Å². The molecular formula is C18H24BrN3O. The number of piperidine rings is 1. The topological polar surface area (TPSA) is 41.3 Å². The molecule has 0 radical (unpaired) electrons. The lowest BCUT2D eigenvalue weighted by molar-refractivity contribution is 0.160. The summed E-state index contributed by atoms with van der Waals surface area (Å²) in [5, 5.41) is 3.25. The van der Waals surface area contributed by atoms with Crippen molar-refractivity contribution in [3.05, 3.63) is 40.8 Å². The van der Waals surface area contributed by atoms with Gasteiger partial charge in [-0.05, 0) is 57.9 Å². The van der Waals surface area contributed by atoms with Crippen molar-refractivity contribution in [1.82, 2.24) is 15.2 Å². The second-order valence-corrected chi connectivity index (χ2v) is 7.06. The third kappa shape index (κ3) is 4.43. The van der Waals surface area contributed by atoms with Gasteiger partial charge in [0.2, 0.25) is 5.89 Å². The van der Waals surface area contributed by atoms with E-state index in [-0.39, 0.29) is 0 Å². The summed E-state index contributed by atoms with van der Waals surface area (Å²) in [6, 6.07) is 8.08. The van der Waals surface area contributed by atoms with Gasteiger partial charge in [0.15, 0.2) is 5.76 Å². The zero-order chi connectivity index (χ0) is 16.1. The van der Waals surface area contributed by atoms with E-state index in [2.05, 4.69) is 31.1 Å². The van der Waals surface area contributed by atoms with Crippen LogP contribution in [0.2, 0.25) is 0 Å². The van der Waals surface area contributed by atoms with E-state index in [0.717, 1.165) is 53.8 Å². The lowest BCUT2D eigenvalue weighted by atomic mass is 9.93. The molecule has 1 N–H and O–H groups in total. The molecule has 1 aromatic heterocycles. The average Bonchev–Trinajstić information content (AvgIpc) is 3.03. The van der Waals surface area contributed by atoms with Gasteiger partial charge in [0, 0.05) is 10.0 Å². The molecule has 3 rings (SSSR count). The first-order valence-electron chi connectivity index (χ1n) is 8.33. The lowest BCUT2D eigenvalue weighted by Gasteiger charge is -2.31. The Balaban J connectivity index is 1.55. The fourth-order valence-electron chi connectivity index (χ4n) is 3.14. The van der Waals surface area contributed by atoms with Crippen molar-refractivity contribution < 1.29 is 4.42 Å². The fourth-order valence-corrected chi connectivity index (χ4v) is 3.62. The van der Waals surface area contributed by atoms with Gasteiger partial charge >= 0.3 is 0 Å². The Labute approximate surface area is 146 Å². The molecule has 4 nitrogen and oxygen atoms in total. The van der Waals surface area contributed by atoms with E-state index in [1.165, 1.54) is 19.3 Å². The predicted octanol–water partition coefficient (Wildman–Crippen LogP) is 3.93. The van der Waals surface area contributed by atoms with Crippen LogP contribution in [0.1, 0.15) is 25.2 Å². The average molecular weight is 378 g/mol. The van der Waals surface area contributed by atoms with Crippen molar-refractivity contribution >= 4 is 15.9 Å². The molecule has 0 aliphatic carbocycles. The highest BCUT2D eigenvalue weighted by Crippen LogP contribution is 2.29. The highest BCUT2D eigenvalue weighted by molar-refractivity contribution is 9.10. The van der Waals surface area contributed by atoms with Crippen molar-refractivity contribution in [1.29, 1.82) is 0 Å². The van der Waals surface area contributed by atoms with Gasteiger partial charge in [-0.25, -0.2) is 4.98 Å². The van der Waals surface area contributed by atoms with E-state index in [1.54, 1.807) is 0 Å². The zero-order valence-electron chi connectivity index (χ0n) is 13.6. The van der Waals surface area contributed by atoms with Crippen molar-refractivity contribution in [2.24, 2.45) is 5.92 Å². The van der Waals surface area contributed by atoms with Gasteiger partial charge in [-0.15, -0.1) is 0 Å². The largest absolute Gasteiger partial charge is 0.439 e. The van der Waals surface area contributed by atoms with Gasteiger partial charge in [-0.2, -0.15) is 0 Å². The summed E-state index contributed by atoms with van der Waals surface area (Å²) in [7, 11) is 2.03. The first-order valence-corrected chi connectivity index (χ1v) is 9.12. The van der Waals surface area contributed by atoms with E-state index < -0.39 is 0 Å². The third-order valence-corrected chi connectivity index (χ3v) is 5.25. The molecule has 1 aliphatic heterocycles. The molecule has 2 aromatic rings. The molecule has 0 spiro atoms. The molecule has 0 saturated carbocycles. The van der Waals surface area contributed by atoms with Crippen molar-refractivity contribution in [3.63, 3.8) is 0 Å². The minimum Gasteiger partial charge on any atom is -0.439 e. The Morgan fingerprint density at radius 2 is 2.09 bits per heavy atom. The molecule has 1 aliphatic rings. The van der Waals surface area contributed by atoms with E-state index >= 15 is 0 Å². The number of oxazole rings is 1. The molecular weight excluding hydrogens is 354 g/mol. The van der Waals surface area contributed by atoms with Gasteiger partial charge in [0.05, 0.1) is 12.7 Å². The number of nitrogens with one attached hydrogen (secondary N) is 1. The van der Waals surface area contributed by atoms with Crippen LogP contribution in [-0.4, -0.2) is 36.6 Å². The van der Waals surface area contributed by atoms with Crippen LogP contribution in [0.3, 0.4) is 0 Å². The summed E-state index contributed by atoms with van der Waals surface area (Å²) < 4.78 is 6.99. The number of hydrogen-bond donors (Lipinski definition) is 1. The number of benzene rings is 1. The summed E-state index contributed by atoms with van der Waals surface area (Å²) >= 11 is 3.56. The Kier molecular flexibility index (Phi) is 5.86. The zero-order valence-corrected chi connectivity index (χ0v) is 15.2. The van der Waals surface area contributed by atoms with Crippen LogP contribution in [0, 0.1) is 5.92 Å². The molecule has 1 aromatic carbocycles. The molecule has 2 heterocycles. The van der Waals surface area contributed by atoms with E-state index in [9.17, 15) is 0 Å². The lowest BCUT2D eigenvalue weighted by Crippen LogP contribution is -2.34. The van der Waals surface area contributed by atoms with Crippen LogP contribution < -0.4 is 5.32 Å². The summed E-state index contributed by atoms with van der Waals surface area (Å²) in [4.78, 5) is 6.91. The van der Waals surface area contributed by atoms with Crippen molar-refractivity contribution in [2.45, 2.75) is 25.8 Å². The summed E-state index contributed by atoms with van der Waals surface area (Å²) in [5.74, 6) is 2.50. The van der Waals surface area contributed by atoms with E-state index in [4.69, 9.17) is 4.42 Å². The van der Waals surface area contributed by atoms with Gasteiger partial charge in [-0.3, -0.25) is 4.90 Å². The maximum Gasteiger partial charge on any atom is 0.209 e. The van der Waals surface area contributed by atoms with E-state index in [1.807, 2.05) is 37.5 Å². The molecule has 0 bridgehead atoms. The second kappa shape index (κ2) is 8.08. The maximum atomic E-state index is 5.95. The first-order chi connectivity index (χ1) is 11.3. The molecule has 23 heavy (non-hydrogen) atoms. The van der Waals surface area contributed by atoms with Crippen LogP contribution in [0.4, 0.5) is 0 Å². The minimum atomic E-state index is 0.809. The first kappa shape index (κ1) is 16.7. The molecule has 0 atom stereocenters. The Hall–Kier alpha value is -1.17. The second-order valence-electron chi connectivity index (χ2n) is 6.21. The maximum absolute atomic E-state index is 5.95. The number of likely N-dealkylation sites (tertiary alicyclic amines) is 1. The molecule has 1 saturated heterocycles. The molecule has 124 valence electrons. The van der Waals surface area contributed by atoms with Crippen molar-refractivity contribution in [3.8, 4) is 11.3 Å². The molecule has 0 amide bonds. The third-order valence-electron chi connectivity index (χ3n) is 4.56. The van der Waals surface area contributed by atoms with Crippen LogP contribution in [0.15, 0.2) is 39.4 Å². The Bertz CT molecular complexity index is 620. The number of aromatic nitrogens is 1. The summed E-state index contributed by atoms with van der Waals surface area (Å²) in [6.45, 7) is 4.21. The number of rotatable bonds is 6. The highest BCUT2D eigenvalue weighted by atomic mass is 79.9. The quantitative estimate of drug-likeness (QED) is 0.827. The van der Waals surface area contributed by atoms with Crippen LogP contribution in [-0.2, 0) is 6.54 Å². The molecule has 0 unspecified atom stereocenters. The number of hydrogen-bond acceptors (Lipinski definition) is 4. The van der Waals surface area contributed by atoms with Gasteiger partial charge in [0.25, 0.3) is 0 Å². The van der Waals surface area contributed by atoms with Crippen LogP contribution in [0.25, 0.3) is 11.3 Å². The Morgan fingerprint density at radius 1 is 1.30 bits per heavy atom. The van der Waals surface area contributed by atoms with Gasteiger partial charge in [0.1, 0.15) is 0 Å². The van der Waals surface area contributed by atoms with Crippen LogP contribution >= 0.6 is 15.9 Å². The summed E-state index contributed by atoms with van der Waals surface area (Å²) in [5.41, 5.74) is 1.05. The standard InChI is InChI=1S/C18H24BrN3O/c1-20-9-6-14-7-10-22(11-8-14)13-18-21-12-17(23-18)15-4-2-3-5-16(15)19/h2-5,12,14,20H,6-11,13H2,1H3.